The first-order chi connectivity index (χ1) is 11.5. The molecule has 0 atom stereocenters. The number of aryl methyl sites for hydroxylation is 1. The van der Waals surface area contributed by atoms with Crippen LogP contribution in [0.15, 0.2) is 36.4 Å². The molecule has 0 aliphatic rings. The van der Waals surface area contributed by atoms with Crippen molar-refractivity contribution < 1.29 is 28.4 Å². The van der Waals surface area contributed by atoms with Crippen LogP contribution in [0, 0.1) is 6.92 Å². The zero-order chi connectivity index (χ0) is 17.5. The van der Waals surface area contributed by atoms with Gasteiger partial charge in [0.2, 0.25) is 0 Å². The fourth-order valence-corrected chi connectivity index (χ4v) is 3.92. The van der Waals surface area contributed by atoms with Crippen LogP contribution >= 0.6 is 31.8 Å². The molecule has 0 heterocycles. The quantitative estimate of drug-likeness (QED) is 0.394. The van der Waals surface area contributed by atoms with Crippen LogP contribution < -0.4 is 28.9 Å². The molecule has 0 aliphatic carbocycles. The van der Waals surface area contributed by atoms with E-state index in [2.05, 4.69) is 6.92 Å². The van der Waals surface area contributed by atoms with Crippen molar-refractivity contribution in [3.63, 3.8) is 0 Å². The van der Waals surface area contributed by atoms with Crippen molar-refractivity contribution in [3.8, 4) is 5.75 Å². The van der Waals surface area contributed by atoms with E-state index in [1.807, 2.05) is 25.1 Å². The van der Waals surface area contributed by atoms with Gasteiger partial charge < -0.3 is 18.1 Å². The average Bonchev–Trinajstić information content (AvgIpc) is 2.54. The number of rotatable bonds is 8. The van der Waals surface area contributed by atoms with E-state index in [0.29, 0.717) is 24.2 Å². The smallest absolute Gasteiger partial charge is 0.494 e. The van der Waals surface area contributed by atoms with Crippen LogP contribution in [-0.2, 0) is 0 Å². The van der Waals surface area contributed by atoms with Gasteiger partial charge in [0.05, 0.1) is 16.7 Å². The number of halogens is 2. The Morgan fingerprint density at radius 1 is 1.12 bits per heavy atom. The summed E-state index contributed by atoms with van der Waals surface area (Å²) in [5, 5.41) is 1.69. The first-order valence-corrected chi connectivity index (χ1v) is 9.61. The Hall–Kier alpha value is -0.483. The molecule has 25 heavy (non-hydrogen) atoms. The average molecular weight is 389 g/mol. The molecule has 2 nitrogen and oxygen atoms in total. The topological polar surface area (TPSA) is 26.3 Å². The molecule has 2 rings (SSSR count). The van der Waals surface area contributed by atoms with Crippen molar-refractivity contribution in [1.29, 1.82) is 0 Å². The van der Waals surface area contributed by atoms with Gasteiger partial charge in [-0.05, 0) is 37.6 Å². The van der Waals surface area contributed by atoms with Gasteiger partial charge in [-0.15, -0.1) is 0 Å². The summed E-state index contributed by atoms with van der Waals surface area (Å²) in [7, 11) is 0.556. The summed E-state index contributed by atoms with van der Waals surface area (Å²) in [4.78, 5) is 12.5. The maximum Gasteiger partial charge on any atom is 1.00 e. The number of carbonyl (C=O) groups is 1. The fourth-order valence-electron chi connectivity index (χ4n) is 2.25. The number of unbranched alkanes of at least 4 members (excludes halogenated alkanes) is 2. The Morgan fingerprint density at radius 2 is 1.80 bits per heavy atom. The third-order valence-electron chi connectivity index (χ3n) is 3.58. The largest absolute Gasteiger partial charge is 1.00 e. The van der Waals surface area contributed by atoms with Gasteiger partial charge in [0.15, 0.2) is 0 Å². The molecular formula is C19H20Cl2LiO2P. The van der Waals surface area contributed by atoms with Crippen LogP contribution in [0.25, 0.3) is 0 Å². The molecule has 6 heteroatoms. The SMILES string of the molecule is CCCCCOc1ccc([P-]C(=O)c2c(Cl)cccc2Cl)c(C)c1.[Li+]. The van der Waals surface area contributed by atoms with Crippen molar-refractivity contribution in [2.24, 2.45) is 0 Å². The van der Waals surface area contributed by atoms with E-state index in [-0.39, 0.29) is 24.4 Å². The van der Waals surface area contributed by atoms with Gasteiger partial charge in [-0.2, -0.15) is 5.30 Å². The summed E-state index contributed by atoms with van der Waals surface area (Å²) in [5.74, 6) is 0.839. The Balaban J connectivity index is 0.00000312. The first kappa shape index (κ1) is 22.6. The second-order valence-corrected chi connectivity index (χ2v) is 7.44. The summed E-state index contributed by atoms with van der Waals surface area (Å²) in [6.07, 6.45) is 3.40. The number of carbonyl (C=O) groups excluding carboxylic acids is 1. The molecule has 0 bridgehead atoms. The molecule has 0 saturated carbocycles. The molecule has 0 unspecified atom stereocenters. The summed E-state index contributed by atoms with van der Waals surface area (Å²) >= 11 is 12.2. The van der Waals surface area contributed by atoms with Crippen LogP contribution in [-0.4, -0.2) is 12.1 Å². The van der Waals surface area contributed by atoms with Gasteiger partial charge in [0, 0.05) is 11.1 Å². The molecule has 0 fully saturated rings. The normalized spacial score (nSPS) is 10.7. The number of hydrogen-bond acceptors (Lipinski definition) is 2. The maximum atomic E-state index is 12.5. The van der Waals surface area contributed by atoms with Gasteiger partial charge in [0.25, 0.3) is 0 Å². The van der Waals surface area contributed by atoms with Crippen LogP contribution in [0.3, 0.4) is 0 Å². The molecule has 2 aromatic carbocycles. The van der Waals surface area contributed by atoms with Crippen LogP contribution in [0.2, 0.25) is 10.0 Å². The van der Waals surface area contributed by atoms with E-state index in [1.54, 1.807) is 18.2 Å². The second kappa shape index (κ2) is 11.3. The summed E-state index contributed by atoms with van der Waals surface area (Å²) in [6, 6.07) is 10.9. The molecule has 0 saturated heterocycles. The molecule has 0 aliphatic heterocycles. The van der Waals surface area contributed by atoms with Crippen LogP contribution in [0.5, 0.6) is 5.75 Å². The van der Waals surface area contributed by atoms with Crippen LogP contribution in [0.4, 0.5) is 0 Å². The molecule has 0 N–H and O–H groups in total. The zero-order valence-electron chi connectivity index (χ0n) is 14.8. The Kier molecular flexibility index (Phi) is 10.2. The molecule has 2 aromatic rings. The zero-order valence-corrected chi connectivity index (χ0v) is 17.2. The Bertz CT molecular complexity index is 702. The molecule has 0 radical (unpaired) electrons. The number of ether oxygens (including phenoxy) is 1. The molecule has 128 valence electrons. The molecule has 0 aromatic heterocycles. The second-order valence-electron chi connectivity index (χ2n) is 5.52. The van der Waals surface area contributed by atoms with Crippen LogP contribution in [0.1, 0.15) is 42.1 Å². The predicted octanol–water partition coefficient (Wildman–Crippen LogP) is 3.29. The van der Waals surface area contributed by atoms with E-state index < -0.39 is 0 Å². The van der Waals surface area contributed by atoms with Gasteiger partial charge in [-0.25, -0.2) is 0 Å². The minimum absolute atomic E-state index is 0. The monoisotopic (exact) mass is 388 g/mol. The number of hydrogen-bond donors (Lipinski definition) is 0. The third-order valence-corrected chi connectivity index (χ3v) is 5.38. The Morgan fingerprint density at radius 3 is 2.40 bits per heavy atom. The van der Waals surface area contributed by atoms with Gasteiger partial charge >= 0.3 is 18.9 Å². The minimum Gasteiger partial charge on any atom is -0.494 e. The van der Waals surface area contributed by atoms with Crippen molar-refractivity contribution in [3.05, 3.63) is 57.6 Å². The summed E-state index contributed by atoms with van der Waals surface area (Å²) < 4.78 is 5.74. The van der Waals surface area contributed by atoms with E-state index in [4.69, 9.17) is 27.9 Å². The molecule has 0 spiro atoms. The molecular weight excluding hydrogens is 369 g/mol. The predicted molar refractivity (Wildman–Crippen MR) is 104 cm³/mol. The maximum absolute atomic E-state index is 12.5. The van der Waals surface area contributed by atoms with Crippen molar-refractivity contribution in [2.45, 2.75) is 33.1 Å². The summed E-state index contributed by atoms with van der Waals surface area (Å²) in [6.45, 7) is 4.86. The first-order valence-electron chi connectivity index (χ1n) is 7.96. The Labute approximate surface area is 173 Å². The van der Waals surface area contributed by atoms with E-state index in [9.17, 15) is 4.79 Å². The van der Waals surface area contributed by atoms with Crippen molar-refractivity contribution >= 4 is 42.6 Å². The van der Waals surface area contributed by atoms with Crippen molar-refractivity contribution in [2.75, 3.05) is 6.61 Å². The van der Waals surface area contributed by atoms with E-state index in [0.717, 1.165) is 29.6 Å². The van der Waals surface area contributed by atoms with Gasteiger partial charge in [-0.1, -0.05) is 60.7 Å². The standard InChI is InChI=1S/C19H20Cl2O2P.Li/c1-3-4-5-11-23-14-9-10-17(13(2)12-14)24-19(22)18-15(20)7-6-8-16(18)21;/h6-10,12H,3-5,11H2,1-2H3;/q-1;+1. The minimum atomic E-state index is -0.106. The number of benzene rings is 2. The van der Waals surface area contributed by atoms with E-state index in [1.165, 1.54) is 12.8 Å². The van der Waals surface area contributed by atoms with Gasteiger partial charge in [0.1, 0.15) is 5.75 Å². The molecule has 0 amide bonds. The summed E-state index contributed by atoms with van der Waals surface area (Å²) in [5.41, 5.74) is 1.29. The van der Waals surface area contributed by atoms with E-state index >= 15 is 0 Å². The third kappa shape index (κ3) is 6.63. The fraction of sp³-hybridized carbons (Fsp3) is 0.316. The van der Waals surface area contributed by atoms with Gasteiger partial charge in [-0.3, -0.25) is 0 Å². The van der Waals surface area contributed by atoms with Crippen molar-refractivity contribution in [1.82, 2.24) is 0 Å².